The molecule has 0 amide bonds. The molecule has 0 aliphatic heterocycles. The van der Waals surface area contributed by atoms with Gasteiger partial charge in [0, 0.05) is 5.92 Å². The highest BCUT2D eigenvalue weighted by Crippen LogP contribution is 2.42. The molecule has 1 aromatic rings. The van der Waals surface area contributed by atoms with Gasteiger partial charge in [0.2, 0.25) is 0 Å². The summed E-state index contributed by atoms with van der Waals surface area (Å²) in [6.45, 7) is 4.58. The van der Waals surface area contributed by atoms with Crippen molar-refractivity contribution in [2.24, 2.45) is 17.8 Å². The highest BCUT2D eigenvalue weighted by molar-refractivity contribution is 5.28. The molecule has 1 nitrogen and oxygen atoms in total. The Morgan fingerprint density at radius 3 is 2.04 bits per heavy atom. The van der Waals surface area contributed by atoms with Gasteiger partial charge in [0.15, 0.2) is 0 Å². The Kier molecular flexibility index (Phi) is 8.44. The number of hydrogen-bond acceptors (Lipinski definition) is 1. The molecule has 0 N–H and O–H groups in total. The van der Waals surface area contributed by atoms with Crippen molar-refractivity contribution in [1.29, 1.82) is 5.26 Å². The third-order valence-electron chi connectivity index (χ3n) is 7.76. The van der Waals surface area contributed by atoms with E-state index in [0.717, 1.165) is 18.3 Å². The molecule has 154 valence electrons. The maximum Gasteiger partial charge on any atom is 0.0658 e. The molecule has 3 atom stereocenters. The second-order valence-corrected chi connectivity index (χ2v) is 9.67. The SMILES string of the molecule is CCCCC[C@@H]1CCC(c2ccc([C@H]3CC[C@H](CCC)CC3)cc2)C[C@H]1C#N. The molecule has 1 heteroatoms. The number of nitriles is 1. The van der Waals surface area contributed by atoms with Crippen molar-refractivity contribution in [2.45, 2.75) is 109 Å². The van der Waals surface area contributed by atoms with Gasteiger partial charge in [-0.2, -0.15) is 5.26 Å². The smallest absolute Gasteiger partial charge is 0.0658 e. The summed E-state index contributed by atoms with van der Waals surface area (Å²) in [6.07, 6.45) is 17.1. The van der Waals surface area contributed by atoms with Gasteiger partial charge in [-0.3, -0.25) is 0 Å². The molecule has 2 aliphatic carbocycles. The molecule has 1 unspecified atom stereocenters. The van der Waals surface area contributed by atoms with Gasteiger partial charge >= 0.3 is 0 Å². The molecular weight excluding hydrogens is 338 g/mol. The Balaban J connectivity index is 1.53. The first-order valence-corrected chi connectivity index (χ1v) is 12.2. The van der Waals surface area contributed by atoms with Crippen molar-refractivity contribution >= 4 is 0 Å². The van der Waals surface area contributed by atoms with E-state index in [0.29, 0.717) is 11.8 Å². The molecule has 2 aliphatic rings. The number of hydrogen-bond donors (Lipinski definition) is 0. The van der Waals surface area contributed by atoms with E-state index in [4.69, 9.17) is 0 Å². The molecule has 0 radical (unpaired) electrons. The first-order valence-electron chi connectivity index (χ1n) is 12.2. The summed E-state index contributed by atoms with van der Waals surface area (Å²) in [6, 6.07) is 12.3. The minimum absolute atomic E-state index is 0.268. The van der Waals surface area contributed by atoms with Gasteiger partial charge in [0.05, 0.1) is 6.07 Å². The molecule has 2 saturated carbocycles. The van der Waals surface area contributed by atoms with Crippen LogP contribution in [0.25, 0.3) is 0 Å². The molecule has 2 fully saturated rings. The van der Waals surface area contributed by atoms with Crippen LogP contribution in [-0.2, 0) is 0 Å². The van der Waals surface area contributed by atoms with Crippen molar-refractivity contribution in [3.05, 3.63) is 35.4 Å². The summed E-state index contributed by atoms with van der Waals surface area (Å²) < 4.78 is 0. The van der Waals surface area contributed by atoms with E-state index in [1.165, 1.54) is 82.6 Å². The lowest BCUT2D eigenvalue weighted by Gasteiger charge is -2.33. The fourth-order valence-corrected chi connectivity index (χ4v) is 5.93. The fourth-order valence-electron chi connectivity index (χ4n) is 5.93. The van der Waals surface area contributed by atoms with E-state index in [1.807, 2.05) is 0 Å². The largest absolute Gasteiger partial charge is 0.198 e. The second-order valence-electron chi connectivity index (χ2n) is 9.67. The number of benzene rings is 1. The van der Waals surface area contributed by atoms with Crippen LogP contribution in [0.1, 0.15) is 120 Å². The normalized spacial score (nSPS) is 30.7. The minimum Gasteiger partial charge on any atom is -0.198 e. The van der Waals surface area contributed by atoms with Crippen LogP contribution in [0.2, 0.25) is 0 Å². The Hall–Kier alpha value is -1.29. The summed E-state index contributed by atoms with van der Waals surface area (Å²) in [4.78, 5) is 0. The molecular formula is C27H41N. The Bertz CT molecular complexity index is 602. The van der Waals surface area contributed by atoms with E-state index < -0.39 is 0 Å². The summed E-state index contributed by atoms with van der Waals surface area (Å²) in [5, 5.41) is 9.71. The molecule has 28 heavy (non-hydrogen) atoms. The highest BCUT2D eigenvalue weighted by Gasteiger charge is 2.31. The summed E-state index contributed by atoms with van der Waals surface area (Å²) in [7, 11) is 0. The topological polar surface area (TPSA) is 23.8 Å². The van der Waals surface area contributed by atoms with Crippen molar-refractivity contribution < 1.29 is 0 Å². The zero-order valence-electron chi connectivity index (χ0n) is 18.3. The third-order valence-corrected chi connectivity index (χ3v) is 7.76. The molecule has 3 rings (SSSR count). The first kappa shape index (κ1) is 21.4. The Labute approximate surface area is 173 Å². The van der Waals surface area contributed by atoms with Crippen LogP contribution in [0.3, 0.4) is 0 Å². The van der Waals surface area contributed by atoms with Crippen molar-refractivity contribution in [2.75, 3.05) is 0 Å². The van der Waals surface area contributed by atoms with Crippen LogP contribution in [0, 0.1) is 29.1 Å². The number of unbranched alkanes of at least 4 members (excludes halogenated alkanes) is 2. The zero-order valence-corrected chi connectivity index (χ0v) is 18.3. The van der Waals surface area contributed by atoms with E-state index in [9.17, 15) is 5.26 Å². The summed E-state index contributed by atoms with van der Waals surface area (Å²) in [5.41, 5.74) is 3.04. The number of nitrogens with zero attached hydrogens (tertiary/aromatic N) is 1. The lowest BCUT2D eigenvalue weighted by atomic mass is 9.70. The maximum absolute atomic E-state index is 9.71. The standard InChI is InChI=1S/C27H41N/c1-3-5-6-8-22-17-18-26(19-27(22)20-28)25-15-13-24(14-16-25)23-11-9-21(7-4-2)10-12-23/h13-16,21-23,26-27H,3-12,17-19H2,1-2H3/t21-,22-,23-,26?,27+/m1/s1. The minimum atomic E-state index is 0.268. The maximum atomic E-state index is 9.71. The molecule has 0 saturated heterocycles. The molecule has 0 spiro atoms. The van der Waals surface area contributed by atoms with Gasteiger partial charge in [0.1, 0.15) is 0 Å². The molecule has 0 heterocycles. The summed E-state index contributed by atoms with van der Waals surface area (Å²) in [5.74, 6) is 3.27. The Morgan fingerprint density at radius 1 is 0.786 bits per heavy atom. The van der Waals surface area contributed by atoms with E-state index in [2.05, 4.69) is 44.2 Å². The van der Waals surface area contributed by atoms with Crippen LogP contribution < -0.4 is 0 Å². The molecule has 0 aromatic heterocycles. The second kappa shape index (κ2) is 11.0. The lowest BCUT2D eigenvalue weighted by Crippen LogP contribution is -2.23. The molecule has 0 bridgehead atoms. The predicted octanol–water partition coefficient (Wildman–Crippen LogP) is 8.36. The van der Waals surface area contributed by atoms with Crippen LogP contribution >= 0.6 is 0 Å². The van der Waals surface area contributed by atoms with Crippen LogP contribution in [0.15, 0.2) is 24.3 Å². The Morgan fingerprint density at radius 2 is 1.43 bits per heavy atom. The van der Waals surface area contributed by atoms with Crippen molar-refractivity contribution in [3.63, 3.8) is 0 Å². The van der Waals surface area contributed by atoms with Gasteiger partial charge in [-0.1, -0.05) is 70.2 Å². The van der Waals surface area contributed by atoms with E-state index in [-0.39, 0.29) is 5.92 Å². The van der Waals surface area contributed by atoms with E-state index >= 15 is 0 Å². The van der Waals surface area contributed by atoms with Crippen LogP contribution in [0.4, 0.5) is 0 Å². The van der Waals surface area contributed by atoms with E-state index in [1.54, 1.807) is 5.56 Å². The third kappa shape index (κ3) is 5.62. The van der Waals surface area contributed by atoms with Gasteiger partial charge in [-0.05, 0) is 86.2 Å². The van der Waals surface area contributed by atoms with Crippen molar-refractivity contribution in [3.8, 4) is 6.07 Å². The fraction of sp³-hybridized carbons (Fsp3) is 0.741. The van der Waals surface area contributed by atoms with Gasteiger partial charge < -0.3 is 0 Å². The summed E-state index contributed by atoms with van der Waals surface area (Å²) >= 11 is 0. The zero-order chi connectivity index (χ0) is 19.8. The lowest BCUT2D eigenvalue weighted by molar-refractivity contribution is 0.244. The predicted molar refractivity (Wildman–Crippen MR) is 119 cm³/mol. The first-order chi connectivity index (χ1) is 13.7. The van der Waals surface area contributed by atoms with Gasteiger partial charge in [-0.15, -0.1) is 0 Å². The molecule has 1 aromatic carbocycles. The quantitative estimate of drug-likeness (QED) is 0.416. The highest BCUT2D eigenvalue weighted by atomic mass is 14.4. The van der Waals surface area contributed by atoms with Gasteiger partial charge in [-0.25, -0.2) is 0 Å². The van der Waals surface area contributed by atoms with Crippen LogP contribution in [-0.4, -0.2) is 0 Å². The average molecular weight is 380 g/mol. The average Bonchev–Trinajstić information content (AvgIpc) is 2.75. The monoisotopic (exact) mass is 379 g/mol. The van der Waals surface area contributed by atoms with Gasteiger partial charge in [0.25, 0.3) is 0 Å². The van der Waals surface area contributed by atoms with Crippen molar-refractivity contribution in [1.82, 2.24) is 0 Å². The van der Waals surface area contributed by atoms with Crippen LogP contribution in [0.5, 0.6) is 0 Å². The number of rotatable bonds is 8.